The number of aliphatic hydroxyl groups excluding tert-OH is 1. The molecule has 0 bridgehead atoms. The number of hydrogen-bond donors (Lipinski definition) is 1. The lowest BCUT2D eigenvalue weighted by Gasteiger charge is -2.32. The van der Waals surface area contributed by atoms with Crippen LogP contribution in [0.2, 0.25) is 0 Å². The molecule has 0 amide bonds. The standard InChI is InChI=1S/C14H32NO.BrH/c1-4-6-8-9-11-13-15(3,14-16)12-10-7-5-2;/h16H,4-14H2,1-3H3;1H/q+1;/p-1. The maximum Gasteiger partial charge on any atom is 0.180 e. The molecule has 1 N–H and O–H groups in total. The largest absolute Gasteiger partial charge is 1.00 e. The van der Waals surface area contributed by atoms with Crippen LogP contribution in [0.1, 0.15) is 65.2 Å². The zero-order valence-electron chi connectivity index (χ0n) is 12.1. The van der Waals surface area contributed by atoms with Gasteiger partial charge < -0.3 is 26.6 Å². The number of aliphatic hydroxyl groups is 1. The van der Waals surface area contributed by atoms with Crippen molar-refractivity contribution in [1.29, 1.82) is 0 Å². The Balaban J connectivity index is 0. The highest BCUT2D eigenvalue weighted by molar-refractivity contribution is 4.44. The first kappa shape index (κ1) is 19.7. The Bertz CT molecular complexity index is 155. The summed E-state index contributed by atoms with van der Waals surface area (Å²) in [5.74, 6) is 0. The van der Waals surface area contributed by atoms with Crippen LogP contribution in [0, 0.1) is 0 Å². The highest BCUT2D eigenvalue weighted by Gasteiger charge is 2.18. The Hall–Kier alpha value is 0.400. The van der Waals surface area contributed by atoms with Gasteiger partial charge in [-0.15, -0.1) is 0 Å². The van der Waals surface area contributed by atoms with E-state index in [2.05, 4.69) is 20.9 Å². The molecule has 1 unspecified atom stereocenters. The van der Waals surface area contributed by atoms with Crippen LogP contribution < -0.4 is 17.0 Å². The molecular formula is C14H32BrNO. The van der Waals surface area contributed by atoms with Crippen molar-refractivity contribution in [3.05, 3.63) is 0 Å². The second-order valence-electron chi connectivity index (χ2n) is 5.33. The highest BCUT2D eigenvalue weighted by Crippen LogP contribution is 2.10. The van der Waals surface area contributed by atoms with E-state index in [0.29, 0.717) is 6.73 Å². The summed E-state index contributed by atoms with van der Waals surface area (Å²) in [5.41, 5.74) is 0. The van der Waals surface area contributed by atoms with Crippen molar-refractivity contribution in [3.8, 4) is 0 Å². The topological polar surface area (TPSA) is 20.2 Å². The minimum absolute atomic E-state index is 0. The Morgan fingerprint density at radius 1 is 0.765 bits per heavy atom. The molecule has 0 aromatic carbocycles. The zero-order chi connectivity index (χ0) is 12.3. The van der Waals surface area contributed by atoms with Gasteiger partial charge in [-0.05, 0) is 25.7 Å². The van der Waals surface area contributed by atoms with Crippen LogP contribution in [0.4, 0.5) is 0 Å². The molecule has 0 aliphatic rings. The maximum absolute atomic E-state index is 9.46. The molecule has 0 saturated heterocycles. The summed E-state index contributed by atoms with van der Waals surface area (Å²) in [7, 11) is 2.19. The first-order valence-electron chi connectivity index (χ1n) is 7.13. The molecule has 0 saturated carbocycles. The Morgan fingerprint density at radius 3 is 1.65 bits per heavy atom. The second-order valence-corrected chi connectivity index (χ2v) is 5.33. The molecule has 0 aromatic heterocycles. The summed E-state index contributed by atoms with van der Waals surface area (Å²) in [4.78, 5) is 0. The van der Waals surface area contributed by atoms with Gasteiger partial charge in [0.2, 0.25) is 0 Å². The fraction of sp³-hybridized carbons (Fsp3) is 1.00. The third kappa shape index (κ3) is 11.2. The fourth-order valence-corrected chi connectivity index (χ4v) is 2.09. The Morgan fingerprint density at radius 2 is 1.18 bits per heavy atom. The van der Waals surface area contributed by atoms with E-state index in [-0.39, 0.29) is 17.0 Å². The predicted molar refractivity (Wildman–Crippen MR) is 71.3 cm³/mol. The third-order valence-corrected chi connectivity index (χ3v) is 3.44. The molecule has 0 heterocycles. The third-order valence-electron chi connectivity index (χ3n) is 3.44. The number of unbranched alkanes of at least 4 members (excludes halogenated alkanes) is 6. The van der Waals surface area contributed by atoms with Crippen LogP contribution >= 0.6 is 0 Å². The van der Waals surface area contributed by atoms with Crippen molar-refractivity contribution in [2.24, 2.45) is 0 Å². The van der Waals surface area contributed by atoms with Crippen molar-refractivity contribution in [2.45, 2.75) is 65.2 Å². The lowest BCUT2D eigenvalue weighted by atomic mass is 10.1. The summed E-state index contributed by atoms with van der Waals surface area (Å²) in [6.45, 7) is 7.06. The number of quaternary nitrogens is 1. The number of nitrogens with zero attached hydrogens (tertiary/aromatic N) is 1. The molecule has 0 rings (SSSR count). The van der Waals surface area contributed by atoms with Crippen molar-refractivity contribution in [1.82, 2.24) is 0 Å². The molecule has 17 heavy (non-hydrogen) atoms. The SMILES string of the molecule is CCCCCCC[N+](C)(CO)CCCCC.[Br-]. The van der Waals surface area contributed by atoms with Gasteiger partial charge in [-0.2, -0.15) is 0 Å². The normalized spacial score (nSPS) is 14.1. The van der Waals surface area contributed by atoms with E-state index in [9.17, 15) is 5.11 Å². The molecule has 0 radical (unpaired) electrons. The monoisotopic (exact) mass is 309 g/mol. The highest BCUT2D eigenvalue weighted by atomic mass is 79.9. The summed E-state index contributed by atoms with van der Waals surface area (Å²) in [5, 5.41) is 9.46. The minimum Gasteiger partial charge on any atom is -1.00 e. The summed E-state index contributed by atoms with van der Waals surface area (Å²) in [6.07, 6.45) is 10.4. The van der Waals surface area contributed by atoms with Gasteiger partial charge in [-0.3, -0.25) is 0 Å². The van der Waals surface area contributed by atoms with E-state index < -0.39 is 0 Å². The van der Waals surface area contributed by atoms with Crippen LogP contribution in [0.25, 0.3) is 0 Å². The average molecular weight is 310 g/mol. The smallest absolute Gasteiger partial charge is 0.180 e. The first-order chi connectivity index (χ1) is 7.68. The molecular weight excluding hydrogens is 278 g/mol. The van der Waals surface area contributed by atoms with Gasteiger partial charge in [0.25, 0.3) is 0 Å². The quantitative estimate of drug-likeness (QED) is 0.336. The summed E-state index contributed by atoms with van der Waals surface area (Å²) < 4.78 is 0.853. The zero-order valence-corrected chi connectivity index (χ0v) is 13.6. The molecule has 3 heteroatoms. The molecule has 0 spiro atoms. The molecule has 0 fully saturated rings. The van der Waals surface area contributed by atoms with Gasteiger partial charge in [0.15, 0.2) is 6.73 Å². The molecule has 2 nitrogen and oxygen atoms in total. The van der Waals surface area contributed by atoms with Gasteiger partial charge >= 0.3 is 0 Å². The van der Waals surface area contributed by atoms with Crippen molar-refractivity contribution in [3.63, 3.8) is 0 Å². The van der Waals surface area contributed by atoms with Crippen molar-refractivity contribution in [2.75, 3.05) is 26.9 Å². The van der Waals surface area contributed by atoms with Crippen LogP contribution in [-0.4, -0.2) is 36.5 Å². The van der Waals surface area contributed by atoms with E-state index in [1.807, 2.05) is 0 Å². The van der Waals surface area contributed by atoms with Crippen LogP contribution in [0.3, 0.4) is 0 Å². The van der Waals surface area contributed by atoms with Gasteiger partial charge in [0.1, 0.15) is 0 Å². The Labute approximate surface area is 119 Å². The van der Waals surface area contributed by atoms with Crippen LogP contribution in [-0.2, 0) is 0 Å². The number of halogens is 1. The minimum atomic E-state index is 0. The summed E-state index contributed by atoms with van der Waals surface area (Å²) >= 11 is 0. The predicted octanol–water partition coefficient (Wildman–Crippen LogP) is 0.547. The summed E-state index contributed by atoms with van der Waals surface area (Å²) in [6, 6.07) is 0. The number of hydrogen-bond acceptors (Lipinski definition) is 1. The molecule has 1 atom stereocenters. The van der Waals surface area contributed by atoms with Gasteiger partial charge in [0.05, 0.1) is 20.1 Å². The van der Waals surface area contributed by atoms with Crippen molar-refractivity contribution >= 4 is 0 Å². The molecule has 0 aliphatic heterocycles. The van der Waals surface area contributed by atoms with E-state index in [0.717, 1.165) is 17.6 Å². The lowest BCUT2D eigenvalue weighted by molar-refractivity contribution is -0.927. The van der Waals surface area contributed by atoms with Crippen molar-refractivity contribution < 1.29 is 26.6 Å². The molecule has 0 aliphatic carbocycles. The van der Waals surface area contributed by atoms with Gasteiger partial charge in [-0.1, -0.05) is 39.5 Å². The van der Waals surface area contributed by atoms with E-state index in [4.69, 9.17) is 0 Å². The van der Waals surface area contributed by atoms with Crippen LogP contribution in [0.15, 0.2) is 0 Å². The first-order valence-corrected chi connectivity index (χ1v) is 7.13. The second kappa shape index (κ2) is 12.8. The van der Waals surface area contributed by atoms with Crippen LogP contribution in [0.5, 0.6) is 0 Å². The van der Waals surface area contributed by atoms with Gasteiger partial charge in [0, 0.05) is 0 Å². The average Bonchev–Trinajstić information content (AvgIpc) is 2.29. The van der Waals surface area contributed by atoms with E-state index in [1.165, 1.54) is 51.4 Å². The number of rotatable bonds is 11. The molecule has 0 aromatic rings. The van der Waals surface area contributed by atoms with E-state index >= 15 is 0 Å². The van der Waals surface area contributed by atoms with E-state index in [1.54, 1.807) is 0 Å². The lowest BCUT2D eigenvalue weighted by Crippen LogP contribution is -3.00. The molecule has 106 valence electrons. The Kier molecular flexibility index (Phi) is 14.9. The van der Waals surface area contributed by atoms with Gasteiger partial charge in [-0.25, -0.2) is 0 Å². The maximum atomic E-state index is 9.46. The fourth-order valence-electron chi connectivity index (χ4n) is 2.09.